The third kappa shape index (κ3) is 7.11. The third-order valence-electron chi connectivity index (χ3n) is 5.54. The van der Waals surface area contributed by atoms with Gasteiger partial charge in [-0.15, -0.1) is 0 Å². The van der Waals surface area contributed by atoms with Crippen molar-refractivity contribution in [1.29, 1.82) is 0 Å². The van der Waals surface area contributed by atoms with Gasteiger partial charge in [-0.3, -0.25) is 24.2 Å². The van der Waals surface area contributed by atoms with E-state index in [1.165, 1.54) is 0 Å². The number of nitrogens with zero attached hydrogens (tertiary/aromatic N) is 2. The highest BCUT2D eigenvalue weighted by Gasteiger charge is 2.24. The Hall–Kier alpha value is -2.45. The molecule has 3 rings (SSSR count). The zero-order chi connectivity index (χ0) is 21.5. The molecule has 3 N–H and O–H groups in total. The van der Waals surface area contributed by atoms with Crippen molar-refractivity contribution in [2.75, 3.05) is 44.6 Å². The maximum absolute atomic E-state index is 12.4. The number of piperazine rings is 1. The van der Waals surface area contributed by atoms with Crippen molar-refractivity contribution >= 4 is 23.4 Å². The summed E-state index contributed by atoms with van der Waals surface area (Å²) in [6, 6.07) is 7.53. The first kappa shape index (κ1) is 22.2. The van der Waals surface area contributed by atoms with Gasteiger partial charge in [0, 0.05) is 49.5 Å². The number of anilines is 1. The predicted octanol–water partition coefficient (Wildman–Crippen LogP) is 1.05. The van der Waals surface area contributed by atoms with Crippen molar-refractivity contribution in [2.45, 2.75) is 45.2 Å². The van der Waals surface area contributed by atoms with Crippen LogP contribution in [0.2, 0.25) is 0 Å². The van der Waals surface area contributed by atoms with Gasteiger partial charge in [-0.25, -0.2) is 0 Å². The normalized spacial score (nSPS) is 18.5. The van der Waals surface area contributed by atoms with E-state index in [0.29, 0.717) is 30.4 Å². The highest BCUT2D eigenvalue weighted by atomic mass is 16.2. The van der Waals surface area contributed by atoms with E-state index in [9.17, 15) is 14.4 Å². The van der Waals surface area contributed by atoms with E-state index in [1.807, 2.05) is 13.8 Å². The summed E-state index contributed by atoms with van der Waals surface area (Å²) in [6.45, 7) is 7.76. The van der Waals surface area contributed by atoms with Gasteiger partial charge < -0.3 is 16.0 Å². The third-order valence-corrected chi connectivity index (χ3v) is 5.54. The zero-order valence-electron chi connectivity index (χ0n) is 17.9. The van der Waals surface area contributed by atoms with Gasteiger partial charge in [0.25, 0.3) is 5.91 Å². The fraction of sp³-hybridized carbons (Fsp3) is 0.591. The van der Waals surface area contributed by atoms with Gasteiger partial charge in [-0.2, -0.15) is 0 Å². The molecule has 1 aromatic carbocycles. The van der Waals surface area contributed by atoms with Crippen LogP contribution in [-0.2, 0) is 9.59 Å². The Morgan fingerprint density at radius 2 is 1.67 bits per heavy atom. The number of carbonyl (C=O) groups excluding carboxylic acids is 3. The summed E-state index contributed by atoms with van der Waals surface area (Å²) >= 11 is 0. The van der Waals surface area contributed by atoms with Gasteiger partial charge in [0.05, 0.1) is 13.1 Å². The molecule has 1 aliphatic heterocycles. The van der Waals surface area contributed by atoms with E-state index >= 15 is 0 Å². The minimum Gasteiger partial charge on any atom is -0.353 e. The first-order valence-corrected chi connectivity index (χ1v) is 10.9. The van der Waals surface area contributed by atoms with Crippen molar-refractivity contribution in [1.82, 2.24) is 20.4 Å². The Balaban J connectivity index is 1.39. The fourth-order valence-electron chi connectivity index (χ4n) is 3.37. The van der Waals surface area contributed by atoms with E-state index in [-0.39, 0.29) is 23.8 Å². The summed E-state index contributed by atoms with van der Waals surface area (Å²) in [5.41, 5.74) is 1.19. The maximum atomic E-state index is 12.4. The van der Waals surface area contributed by atoms with Crippen LogP contribution in [-0.4, -0.2) is 78.9 Å². The molecular weight excluding hydrogens is 382 g/mol. The van der Waals surface area contributed by atoms with Crippen LogP contribution in [0.25, 0.3) is 0 Å². The van der Waals surface area contributed by atoms with E-state index < -0.39 is 0 Å². The molecule has 0 radical (unpaired) electrons. The highest BCUT2D eigenvalue weighted by Crippen LogP contribution is 2.20. The van der Waals surface area contributed by atoms with Crippen LogP contribution in [0, 0.1) is 0 Å². The second-order valence-corrected chi connectivity index (χ2v) is 8.31. The SMILES string of the molecule is CC[C@H](C)NC(=O)CN1CCN(CC(=O)Nc2cccc(C(=O)NC3CC3)c2)CC1. The molecule has 8 heteroatoms. The van der Waals surface area contributed by atoms with Gasteiger partial charge in [0.15, 0.2) is 0 Å². The molecule has 2 fully saturated rings. The molecule has 1 atom stereocenters. The summed E-state index contributed by atoms with van der Waals surface area (Å²) in [7, 11) is 0. The lowest BCUT2D eigenvalue weighted by atomic mass is 10.2. The van der Waals surface area contributed by atoms with Gasteiger partial charge in [-0.1, -0.05) is 13.0 Å². The summed E-state index contributed by atoms with van der Waals surface area (Å²) in [4.78, 5) is 40.8. The summed E-state index contributed by atoms with van der Waals surface area (Å²) < 4.78 is 0. The van der Waals surface area contributed by atoms with Gasteiger partial charge in [-0.05, 0) is 44.4 Å². The van der Waals surface area contributed by atoms with Crippen molar-refractivity contribution in [3.63, 3.8) is 0 Å². The largest absolute Gasteiger partial charge is 0.353 e. The Kier molecular flexibility index (Phi) is 7.81. The molecule has 0 bridgehead atoms. The lowest BCUT2D eigenvalue weighted by molar-refractivity contribution is -0.124. The van der Waals surface area contributed by atoms with Crippen molar-refractivity contribution < 1.29 is 14.4 Å². The first-order chi connectivity index (χ1) is 14.4. The van der Waals surface area contributed by atoms with Crippen molar-refractivity contribution in [3.8, 4) is 0 Å². The quantitative estimate of drug-likeness (QED) is 0.561. The molecule has 1 heterocycles. The zero-order valence-corrected chi connectivity index (χ0v) is 17.9. The molecule has 164 valence electrons. The molecular formula is C22H33N5O3. The predicted molar refractivity (Wildman–Crippen MR) is 116 cm³/mol. The molecule has 1 aliphatic carbocycles. The Morgan fingerprint density at radius 1 is 1.03 bits per heavy atom. The molecule has 0 unspecified atom stereocenters. The van der Waals surface area contributed by atoms with Crippen LogP contribution in [0.1, 0.15) is 43.5 Å². The molecule has 2 aliphatic rings. The summed E-state index contributed by atoms with van der Waals surface area (Å²) in [5.74, 6) is -0.138. The number of rotatable bonds is 9. The van der Waals surface area contributed by atoms with E-state index in [2.05, 4.69) is 25.8 Å². The smallest absolute Gasteiger partial charge is 0.251 e. The van der Waals surface area contributed by atoms with Crippen LogP contribution in [0.15, 0.2) is 24.3 Å². The monoisotopic (exact) mass is 415 g/mol. The number of nitrogens with one attached hydrogen (secondary N) is 3. The Labute approximate surface area is 178 Å². The average Bonchev–Trinajstić information content (AvgIpc) is 3.53. The molecule has 1 saturated heterocycles. The molecule has 8 nitrogen and oxygen atoms in total. The van der Waals surface area contributed by atoms with Crippen LogP contribution < -0.4 is 16.0 Å². The molecule has 3 amide bonds. The number of carbonyl (C=O) groups is 3. The first-order valence-electron chi connectivity index (χ1n) is 10.9. The molecule has 1 aromatic rings. The standard InChI is InChI=1S/C22H33N5O3/c1-3-16(2)23-20(28)14-26-9-11-27(12-10-26)15-21(29)24-19-6-4-5-17(13-19)22(30)25-18-7-8-18/h4-6,13,16,18H,3,7-12,14-15H2,1-2H3,(H,23,28)(H,24,29)(H,25,30)/t16-/m0/s1. The second kappa shape index (κ2) is 10.5. The fourth-order valence-corrected chi connectivity index (χ4v) is 3.37. The van der Waals surface area contributed by atoms with Gasteiger partial charge >= 0.3 is 0 Å². The van der Waals surface area contributed by atoms with Gasteiger partial charge in [0.2, 0.25) is 11.8 Å². The second-order valence-electron chi connectivity index (χ2n) is 8.31. The van der Waals surface area contributed by atoms with Crippen LogP contribution >= 0.6 is 0 Å². The van der Waals surface area contributed by atoms with Crippen molar-refractivity contribution in [2.24, 2.45) is 0 Å². The van der Waals surface area contributed by atoms with Crippen LogP contribution in [0.4, 0.5) is 5.69 Å². The number of amides is 3. The van der Waals surface area contributed by atoms with Crippen molar-refractivity contribution in [3.05, 3.63) is 29.8 Å². The minimum atomic E-state index is -0.0993. The Morgan fingerprint density at radius 3 is 2.27 bits per heavy atom. The van der Waals surface area contributed by atoms with E-state index in [0.717, 1.165) is 45.4 Å². The number of hydrogen-bond donors (Lipinski definition) is 3. The lowest BCUT2D eigenvalue weighted by Crippen LogP contribution is -2.51. The molecule has 0 spiro atoms. The van der Waals surface area contributed by atoms with Crippen LogP contribution in [0.5, 0.6) is 0 Å². The number of benzene rings is 1. The minimum absolute atomic E-state index is 0.0566. The number of hydrogen-bond acceptors (Lipinski definition) is 5. The Bertz CT molecular complexity index is 757. The lowest BCUT2D eigenvalue weighted by Gasteiger charge is -2.34. The summed E-state index contributed by atoms with van der Waals surface area (Å²) in [6.07, 6.45) is 3.00. The highest BCUT2D eigenvalue weighted by molar-refractivity contribution is 5.97. The molecule has 0 aromatic heterocycles. The van der Waals surface area contributed by atoms with E-state index in [4.69, 9.17) is 0 Å². The van der Waals surface area contributed by atoms with Crippen LogP contribution in [0.3, 0.4) is 0 Å². The van der Waals surface area contributed by atoms with E-state index in [1.54, 1.807) is 24.3 Å². The summed E-state index contributed by atoms with van der Waals surface area (Å²) in [5, 5.41) is 8.83. The molecule has 30 heavy (non-hydrogen) atoms. The topological polar surface area (TPSA) is 93.8 Å². The van der Waals surface area contributed by atoms with Gasteiger partial charge in [0.1, 0.15) is 0 Å². The maximum Gasteiger partial charge on any atom is 0.251 e. The molecule has 1 saturated carbocycles. The average molecular weight is 416 g/mol.